The van der Waals surface area contributed by atoms with Crippen molar-refractivity contribution in [2.45, 2.75) is 6.61 Å². The largest absolute Gasteiger partial charge is 0.493 e. The van der Waals surface area contributed by atoms with E-state index in [-0.39, 0.29) is 29.2 Å². The number of methoxy groups -OCH3 is 6. The van der Waals surface area contributed by atoms with Crippen LogP contribution in [0.4, 0.5) is 5.69 Å². The fraction of sp³-hybridized carbons (Fsp3) is 0.194. The van der Waals surface area contributed by atoms with Gasteiger partial charge in [0.2, 0.25) is 5.75 Å². The van der Waals surface area contributed by atoms with Crippen molar-refractivity contribution in [2.75, 3.05) is 48.4 Å². The number of carbonyl (C=O) groups is 2. The van der Waals surface area contributed by atoms with Gasteiger partial charge in [-0.05, 0) is 71.8 Å². The first-order valence-electron chi connectivity index (χ1n) is 14.5. The summed E-state index contributed by atoms with van der Waals surface area (Å²) in [6, 6.07) is 19.8. The number of rotatable bonds is 11. The zero-order valence-corrected chi connectivity index (χ0v) is 27.2. The monoisotopic (exact) mass is 654 g/mol. The predicted octanol–water partition coefficient (Wildman–Crippen LogP) is 5.43. The van der Waals surface area contributed by atoms with Crippen LogP contribution in [0.1, 0.15) is 26.4 Å². The molecule has 0 fully saturated rings. The van der Waals surface area contributed by atoms with Gasteiger partial charge < -0.3 is 38.9 Å². The maximum Gasteiger partial charge on any atom is 0.355 e. The molecular formula is C36H34N2O10. The predicted molar refractivity (Wildman–Crippen MR) is 179 cm³/mol. The van der Waals surface area contributed by atoms with Crippen molar-refractivity contribution < 1.29 is 42.7 Å². The number of aromatic nitrogens is 1. The van der Waals surface area contributed by atoms with Gasteiger partial charge in [-0.2, -0.15) is 0 Å². The summed E-state index contributed by atoms with van der Waals surface area (Å²) in [5.74, 6) is 0.244. The third kappa shape index (κ3) is 6.15. The highest BCUT2D eigenvalue weighted by Crippen LogP contribution is 2.45. The second-order valence-electron chi connectivity index (χ2n) is 10.4. The van der Waals surface area contributed by atoms with Gasteiger partial charge in [-0.3, -0.25) is 9.36 Å². The lowest BCUT2D eigenvalue weighted by atomic mass is 9.95. The quantitative estimate of drug-likeness (QED) is 0.144. The molecule has 0 bridgehead atoms. The number of hydrogen-bond donors (Lipinski definition) is 1. The molecule has 0 unspecified atom stereocenters. The average molecular weight is 655 g/mol. The minimum absolute atomic E-state index is 0.0405. The topological polar surface area (TPSA) is 147 Å². The van der Waals surface area contributed by atoms with Crippen LogP contribution in [-0.2, 0) is 16.1 Å². The molecular weight excluding hydrogens is 620 g/mol. The zero-order chi connectivity index (χ0) is 34.5. The number of carbonyl (C=O) groups excluding carboxylic acids is 2. The fourth-order valence-corrected chi connectivity index (χ4v) is 5.42. The maximum atomic E-state index is 14.5. The number of pyridine rings is 1. The fourth-order valence-electron chi connectivity index (χ4n) is 5.42. The highest BCUT2D eigenvalue weighted by atomic mass is 16.5. The molecule has 2 N–H and O–H groups in total. The molecule has 0 aliphatic carbocycles. The summed E-state index contributed by atoms with van der Waals surface area (Å²) in [6.45, 7) is 0.0405. The van der Waals surface area contributed by atoms with E-state index in [1.54, 1.807) is 72.8 Å². The number of benzene rings is 4. The lowest BCUT2D eigenvalue weighted by molar-refractivity contribution is 0.0586. The molecule has 12 nitrogen and oxygen atoms in total. The molecule has 1 heterocycles. The van der Waals surface area contributed by atoms with E-state index in [1.807, 2.05) is 0 Å². The van der Waals surface area contributed by atoms with Gasteiger partial charge in [-0.25, -0.2) is 9.59 Å². The summed E-state index contributed by atoms with van der Waals surface area (Å²) in [5, 5.41) is 0.556. The minimum Gasteiger partial charge on any atom is -0.493 e. The number of nitrogens with zero attached hydrogens (tertiary/aromatic N) is 1. The summed E-state index contributed by atoms with van der Waals surface area (Å²) in [6.07, 6.45) is 0. The molecule has 0 aliphatic heterocycles. The van der Waals surface area contributed by atoms with Gasteiger partial charge in [0.1, 0.15) is 12.3 Å². The molecule has 0 saturated heterocycles. The Morgan fingerprint density at radius 3 is 1.90 bits per heavy atom. The van der Waals surface area contributed by atoms with Crippen LogP contribution < -0.4 is 35.0 Å². The Hall–Kier alpha value is -6.17. The van der Waals surface area contributed by atoms with E-state index in [0.29, 0.717) is 56.3 Å². The highest BCUT2D eigenvalue weighted by molar-refractivity contribution is 6.08. The SMILES string of the molecule is COC(=O)c1cccc(COc2cc3c(=O)n(-c4ccc(N)cc4)c(C(=O)OC)c(-c4cc(OC)c(OC)c(OC)c4)c3cc2OC)c1. The zero-order valence-electron chi connectivity index (χ0n) is 27.2. The molecule has 5 aromatic rings. The van der Waals surface area contributed by atoms with Crippen molar-refractivity contribution in [3.05, 3.63) is 100.0 Å². The van der Waals surface area contributed by atoms with E-state index in [1.165, 1.54) is 47.2 Å². The maximum absolute atomic E-state index is 14.5. The number of anilines is 1. The number of hydrogen-bond acceptors (Lipinski definition) is 11. The second kappa shape index (κ2) is 14.1. The number of nitrogens with two attached hydrogens (primary N) is 1. The lowest BCUT2D eigenvalue weighted by Crippen LogP contribution is -2.27. The smallest absolute Gasteiger partial charge is 0.355 e. The number of nitrogen functional groups attached to an aromatic ring is 1. The van der Waals surface area contributed by atoms with Crippen LogP contribution in [0, 0.1) is 0 Å². The Morgan fingerprint density at radius 2 is 1.31 bits per heavy atom. The molecule has 0 atom stereocenters. The summed E-state index contributed by atoms with van der Waals surface area (Å²) in [5.41, 5.74) is 8.01. The van der Waals surface area contributed by atoms with Crippen LogP contribution in [-0.4, -0.2) is 59.2 Å². The van der Waals surface area contributed by atoms with Gasteiger partial charge in [0.15, 0.2) is 23.0 Å². The average Bonchev–Trinajstić information content (AvgIpc) is 3.12. The van der Waals surface area contributed by atoms with Crippen LogP contribution in [0.25, 0.3) is 27.6 Å². The number of ether oxygens (including phenoxy) is 7. The molecule has 248 valence electrons. The van der Waals surface area contributed by atoms with Gasteiger partial charge in [-0.15, -0.1) is 0 Å². The van der Waals surface area contributed by atoms with Crippen LogP contribution in [0.2, 0.25) is 0 Å². The number of fused-ring (bicyclic) bond motifs is 1. The molecule has 48 heavy (non-hydrogen) atoms. The minimum atomic E-state index is -0.778. The summed E-state index contributed by atoms with van der Waals surface area (Å²) in [7, 11) is 8.43. The molecule has 4 aromatic carbocycles. The number of esters is 2. The van der Waals surface area contributed by atoms with Gasteiger partial charge in [0.25, 0.3) is 5.56 Å². The Kier molecular flexibility index (Phi) is 9.74. The van der Waals surface area contributed by atoms with Crippen molar-refractivity contribution in [1.29, 1.82) is 0 Å². The van der Waals surface area contributed by atoms with Crippen LogP contribution in [0.5, 0.6) is 28.7 Å². The van der Waals surface area contributed by atoms with Crippen molar-refractivity contribution in [1.82, 2.24) is 4.57 Å². The van der Waals surface area contributed by atoms with E-state index in [0.717, 1.165) is 0 Å². The third-order valence-corrected chi connectivity index (χ3v) is 7.69. The normalized spacial score (nSPS) is 10.7. The molecule has 0 aliphatic rings. The summed E-state index contributed by atoms with van der Waals surface area (Å²) < 4.78 is 40.0. The molecule has 0 amide bonds. The summed E-state index contributed by atoms with van der Waals surface area (Å²) in [4.78, 5) is 40.2. The first-order valence-corrected chi connectivity index (χ1v) is 14.5. The Bertz CT molecular complexity index is 2040. The lowest BCUT2D eigenvalue weighted by Gasteiger charge is -2.21. The molecule has 5 rings (SSSR count). The van der Waals surface area contributed by atoms with Crippen LogP contribution in [0.3, 0.4) is 0 Å². The first-order chi connectivity index (χ1) is 23.2. The highest BCUT2D eigenvalue weighted by Gasteiger charge is 2.28. The first kappa shape index (κ1) is 33.2. The van der Waals surface area contributed by atoms with Gasteiger partial charge >= 0.3 is 11.9 Å². The van der Waals surface area contributed by atoms with E-state index in [2.05, 4.69) is 0 Å². The van der Waals surface area contributed by atoms with E-state index in [9.17, 15) is 14.4 Å². The van der Waals surface area contributed by atoms with Crippen molar-refractivity contribution in [2.24, 2.45) is 0 Å². The van der Waals surface area contributed by atoms with Crippen molar-refractivity contribution >= 4 is 28.4 Å². The molecule has 1 aromatic heterocycles. The van der Waals surface area contributed by atoms with E-state index in [4.69, 9.17) is 38.9 Å². The molecule has 12 heteroatoms. The Balaban J connectivity index is 1.84. The van der Waals surface area contributed by atoms with Crippen molar-refractivity contribution in [3.63, 3.8) is 0 Å². The van der Waals surface area contributed by atoms with Gasteiger partial charge in [0.05, 0.1) is 53.6 Å². The Morgan fingerprint density at radius 1 is 0.688 bits per heavy atom. The molecule has 0 radical (unpaired) electrons. The van der Waals surface area contributed by atoms with Crippen LogP contribution >= 0.6 is 0 Å². The van der Waals surface area contributed by atoms with Crippen LogP contribution in [0.15, 0.2) is 77.6 Å². The third-order valence-electron chi connectivity index (χ3n) is 7.69. The molecule has 0 saturated carbocycles. The Labute approximate surface area is 276 Å². The van der Waals surface area contributed by atoms with E-state index < -0.39 is 17.5 Å². The van der Waals surface area contributed by atoms with Gasteiger partial charge in [-0.1, -0.05) is 12.1 Å². The van der Waals surface area contributed by atoms with E-state index >= 15 is 0 Å². The second-order valence-corrected chi connectivity index (χ2v) is 10.4. The van der Waals surface area contributed by atoms with Crippen molar-refractivity contribution in [3.8, 4) is 45.6 Å². The standard InChI is InChI=1S/C36H34N2O10/c1-42-27-17-25-26(18-28(27)48-19-20-8-7-9-21(14-20)35(40)46-5)34(39)38(24-12-10-23(37)11-13-24)32(36(41)47-6)31(25)22-15-29(43-2)33(45-4)30(16-22)44-3/h7-18H,19,37H2,1-6H3. The summed E-state index contributed by atoms with van der Waals surface area (Å²) >= 11 is 0. The molecule has 0 spiro atoms. The van der Waals surface area contributed by atoms with Gasteiger partial charge in [0, 0.05) is 22.3 Å².